The van der Waals surface area contributed by atoms with Crippen molar-refractivity contribution in [3.63, 3.8) is 0 Å². The third kappa shape index (κ3) is 6.00. The molecular weight excluding hydrogens is 462 g/mol. The number of amides is 2. The van der Waals surface area contributed by atoms with Gasteiger partial charge in [0.2, 0.25) is 12.3 Å². The van der Waals surface area contributed by atoms with Gasteiger partial charge in [0.05, 0.1) is 11.7 Å². The molecule has 3 heterocycles. The fraction of sp³-hybridized carbons (Fsp3) is 0.367. The zero-order chi connectivity index (χ0) is 25.5. The smallest absolute Gasteiger partial charge is 0.243 e. The van der Waals surface area contributed by atoms with Crippen LogP contribution in [0.15, 0.2) is 66.9 Å². The molecule has 37 heavy (non-hydrogen) atoms. The Morgan fingerprint density at radius 1 is 1.03 bits per heavy atom. The average molecular weight is 498 g/mol. The molecule has 192 valence electrons. The molecule has 7 heteroatoms. The Kier molecular flexibility index (Phi) is 8.11. The van der Waals surface area contributed by atoms with Gasteiger partial charge in [0.25, 0.3) is 0 Å². The van der Waals surface area contributed by atoms with Crippen LogP contribution in [0.25, 0.3) is 21.8 Å². The molecule has 1 aliphatic rings. The van der Waals surface area contributed by atoms with Gasteiger partial charge in [-0.2, -0.15) is 0 Å². The molecule has 2 amide bonds. The molecule has 2 N–H and O–H groups in total. The number of hydrogen-bond acceptors (Lipinski definition) is 4. The number of nitrogens with zero attached hydrogens (tertiary/aromatic N) is 3. The number of aromatic nitrogens is 2. The molecule has 0 saturated carbocycles. The molecule has 5 rings (SSSR count). The standard InChI is InChI=1S/C30H35N5O2/c36-22-35(29-20-25-24-12-5-6-13-26(24)33-27(25)21-32-29)28(14-9-19-34-17-7-2-8-18-34)30(37)31-16-15-23-10-3-1-4-11-23/h1,3-6,10-13,20-22,28,33H,2,7-9,14-19H2,(H,31,37)/t28-/m0/s1. The minimum absolute atomic E-state index is 0.137. The molecule has 1 fully saturated rings. The second-order valence-corrected chi connectivity index (χ2v) is 9.86. The maximum absolute atomic E-state index is 13.5. The Labute approximate surface area is 217 Å². The molecule has 7 nitrogen and oxygen atoms in total. The van der Waals surface area contributed by atoms with Crippen molar-refractivity contribution in [1.29, 1.82) is 0 Å². The van der Waals surface area contributed by atoms with E-state index in [4.69, 9.17) is 0 Å². The van der Waals surface area contributed by atoms with Crippen LogP contribution in [0.5, 0.6) is 0 Å². The van der Waals surface area contributed by atoms with E-state index in [0.29, 0.717) is 18.8 Å². The highest BCUT2D eigenvalue weighted by Gasteiger charge is 2.27. The van der Waals surface area contributed by atoms with Crippen molar-refractivity contribution in [2.24, 2.45) is 0 Å². The lowest BCUT2D eigenvalue weighted by molar-refractivity contribution is -0.124. The van der Waals surface area contributed by atoms with Crippen molar-refractivity contribution in [2.45, 2.75) is 44.6 Å². The molecule has 0 spiro atoms. The van der Waals surface area contributed by atoms with Gasteiger partial charge in [-0.25, -0.2) is 4.98 Å². The summed E-state index contributed by atoms with van der Waals surface area (Å²) in [7, 11) is 0. The molecule has 1 atom stereocenters. The van der Waals surface area contributed by atoms with Crippen molar-refractivity contribution >= 4 is 39.9 Å². The number of benzene rings is 2. The summed E-state index contributed by atoms with van der Waals surface area (Å²) >= 11 is 0. The van der Waals surface area contributed by atoms with E-state index in [-0.39, 0.29) is 5.91 Å². The molecule has 1 saturated heterocycles. The first-order valence-corrected chi connectivity index (χ1v) is 13.4. The van der Waals surface area contributed by atoms with Gasteiger partial charge < -0.3 is 15.2 Å². The number of para-hydroxylation sites is 1. The fourth-order valence-corrected chi connectivity index (χ4v) is 5.35. The number of rotatable bonds is 11. The quantitative estimate of drug-likeness (QED) is 0.295. The number of aromatic amines is 1. The minimum Gasteiger partial charge on any atom is -0.354 e. The number of H-pyrrole nitrogens is 1. The Balaban J connectivity index is 1.35. The van der Waals surface area contributed by atoms with E-state index >= 15 is 0 Å². The van der Waals surface area contributed by atoms with E-state index in [1.165, 1.54) is 29.7 Å². The number of anilines is 1. The minimum atomic E-state index is -0.617. The Morgan fingerprint density at radius 3 is 2.62 bits per heavy atom. The summed E-state index contributed by atoms with van der Waals surface area (Å²) in [5.41, 5.74) is 3.10. The summed E-state index contributed by atoms with van der Waals surface area (Å²) < 4.78 is 0. The summed E-state index contributed by atoms with van der Waals surface area (Å²) in [6.45, 7) is 3.69. The normalized spacial score (nSPS) is 15.0. The van der Waals surface area contributed by atoms with Crippen LogP contribution in [-0.2, 0) is 16.0 Å². The van der Waals surface area contributed by atoms with Crippen LogP contribution in [-0.4, -0.2) is 59.4 Å². The first-order valence-electron chi connectivity index (χ1n) is 13.4. The van der Waals surface area contributed by atoms with Gasteiger partial charge in [-0.05, 0) is 69.4 Å². The molecule has 0 bridgehead atoms. The molecule has 1 aliphatic heterocycles. The van der Waals surface area contributed by atoms with E-state index in [1.54, 1.807) is 6.20 Å². The molecular formula is C30H35N5O2. The molecule has 2 aromatic carbocycles. The number of likely N-dealkylation sites (tertiary alicyclic amines) is 1. The maximum atomic E-state index is 13.5. The third-order valence-electron chi connectivity index (χ3n) is 7.35. The van der Waals surface area contributed by atoms with Crippen LogP contribution in [0.2, 0.25) is 0 Å². The van der Waals surface area contributed by atoms with Gasteiger partial charge >= 0.3 is 0 Å². The topological polar surface area (TPSA) is 81.3 Å². The number of carbonyl (C=O) groups excluding carboxylic acids is 2. The predicted octanol–water partition coefficient (Wildman–Crippen LogP) is 4.67. The average Bonchev–Trinajstić information content (AvgIpc) is 3.32. The summed E-state index contributed by atoms with van der Waals surface area (Å²) in [4.78, 5) is 37.8. The maximum Gasteiger partial charge on any atom is 0.243 e. The van der Waals surface area contributed by atoms with Crippen LogP contribution in [0.3, 0.4) is 0 Å². The van der Waals surface area contributed by atoms with E-state index in [9.17, 15) is 9.59 Å². The van der Waals surface area contributed by atoms with Crippen molar-refractivity contribution in [3.8, 4) is 0 Å². The van der Waals surface area contributed by atoms with Gasteiger partial charge in [-0.1, -0.05) is 55.0 Å². The fourth-order valence-electron chi connectivity index (χ4n) is 5.35. The van der Waals surface area contributed by atoms with E-state index in [2.05, 4.69) is 38.4 Å². The number of piperidine rings is 1. The van der Waals surface area contributed by atoms with Gasteiger partial charge in [0.15, 0.2) is 0 Å². The Morgan fingerprint density at radius 2 is 1.81 bits per heavy atom. The van der Waals surface area contributed by atoms with Crippen LogP contribution >= 0.6 is 0 Å². The van der Waals surface area contributed by atoms with E-state index in [0.717, 1.165) is 60.7 Å². The summed E-state index contributed by atoms with van der Waals surface area (Å²) in [5.74, 6) is 0.357. The lowest BCUT2D eigenvalue weighted by atomic mass is 10.1. The monoisotopic (exact) mass is 497 g/mol. The second-order valence-electron chi connectivity index (χ2n) is 9.86. The highest BCUT2D eigenvalue weighted by molar-refractivity contribution is 6.08. The number of hydrogen-bond donors (Lipinski definition) is 2. The van der Waals surface area contributed by atoms with Crippen molar-refractivity contribution < 1.29 is 9.59 Å². The molecule has 4 aromatic rings. The van der Waals surface area contributed by atoms with Crippen molar-refractivity contribution in [2.75, 3.05) is 31.1 Å². The number of nitrogens with one attached hydrogen (secondary N) is 2. The Hall–Kier alpha value is -3.71. The lowest BCUT2D eigenvalue weighted by Gasteiger charge is -2.29. The highest BCUT2D eigenvalue weighted by Crippen LogP contribution is 2.28. The second kappa shape index (κ2) is 12.0. The van der Waals surface area contributed by atoms with E-state index in [1.807, 2.05) is 42.5 Å². The van der Waals surface area contributed by atoms with Crippen LogP contribution in [0.4, 0.5) is 5.82 Å². The largest absolute Gasteiger partial charge is 0.354 e. The zero-order valence-electron chi connectivity index (χ0n) is 21.2. The summed E-state index contributed by atoms with van der Waals surface area (Å²) in [6, 6.07) is 19.5. The molecule has 2 aromatic heterocycles. The first-order chi connectivity index (χ1) is 18.2. The lowest BCUT2D eigenvalue weighted by Crippen LogP contribution is -2.48. The van der Waals surface area contributed by atoms with Crippen LogP contribution in [0.1, 0.15) is 37.7 Å². The Bertz CT molecular complexity index is 1330. The van der Waals surface area contributed by atoms with Gasteiger partial charge in [0.1, 0.15) is 11.9 Å². The van der Waals surface area contributed by atoms with Crippen LogP contribution in [0, 0.1) is 0 Å². The van der Waals surface area contributed by atoms with Crippen molar-refractivity contribution in [1.82, 2.24) is 20.2 Å². The zero-order valence-corrected chi connectivity index (χ0v) is 21.2. The molecule has 0 unspecified atom stereocenters. The van der Waals surface area contributed by atoms with Gasteiger partial charge in [-0.3, -0.25) is 14.5 Å². The molecule has 0 radical (unpaired) electrons. The van der Waals surface area contributed by atoms with Gasteiger partial charge in [-0.15, -0.1) is 0 Å². The SMILES string of the molecule is O=CN(c1cc2c(cn1)[nH]c1ccccc12)[C@@H](CCCN1CCCCC1)C(=O)NCCc1ccccc1. The van der Waals surface area contributed by atoms with Gasteiger partial charge in [0, 0.05) is 22.8 Å². The summed E-state index contributed by atoms with van der Waals surface area (Å²) in [6.07, 6.45) is 8.44. The third-order valence-corrected chi connectivity index (χ3v) is 7.35. The number of carbonyl (C=O) groups is 2. The van der Waals surface area contributed by atoms with Crippen LogP contribution < -0.4 is 10.2 Å². The highest BCUT2D eigenvalue weighted by atomic mass is 16.2. The number of pyridine rings is 1. The van der Waals surface area contributed by atoms with E-state index < -0.39 is 6.04 Å². The number of fused-ring (bicyclic) bond motifs is 3. The van der Waals surface area contributed by atoms with Crippen molar-refractivity contribution in [3.05, 3.63) is 72.4 Å². The first kappa shape index (κ1) is 25.0. The molecule has 0 aliphatic carbocycles. The predicted molar refractivity (Wildman–Crippen MR) is 149 cm³/mol. The summed E-state index contributed by atoms with van der Waals surface area (Å²) in [5, 5.41) is 5.14.